The van der Waals surface area contributed by atoms with Gasteiger partial charge < -0.3 is 10.1 Å². The smallest absolute Gasteiger partial charge is 0.308 e. The molecule has 3 unspecified atom stereocenters. The van der Waals surface area contributed by atoms with Crippen LogP contribution in [0.15, 0.2) is 30.3 Å². The third-order valence-corrected chi connectivity index (χ3v) is 4.20. The van der Waals surface area contributed by atoms with Crippen LogP contribution < -0.4 is 5.32 Å². The van der Waals surface area contributed by atoms with Crippen LogP contribution in [0, 0.1) is 5.92 Å². The van der Waals surface area contributed by atoms with Gasteiger partial charge in [-0.25, -0.2) is 0 Å². The molecule has 0 radical (unpaired) electrons. The molecule has 2 rings (SSSR count). The van der Waals surface area contributed by atoms with E-state index >= 15 is 0 Å². The van der Waals surface area contributed by atoms with Crippen molar-refractivity contribution in [3.05, 3.63) is 35.9 Å². The van der Waals surface area contributed by atoms with Crippen LogP contribution in [0.3, 0.4) is 0 Å². The van der Waals surface area contributed by atoms with Crippen molar-refractivity contribution in [3.8, 4) is 0 Å². The van der Waals surface area contributed by atoms with Gasteiger partial charge in [0.1, 0.15) is 0 Å². The van der Waals surface area contributed by atoms with Gasteiger partial charge in [-0.05, 0) is 45.1 Å². The molecule has 3 nitrogen and oxygen atoms in total. The molecule has 116 valence electrons. The molecule has 0 saturated heterocycles. The zero-order valence-electron chi connectivity index (χ0n) is 13.2. The SMILES string of the molecule is CCOC(=O)C1CCCC(NC(C)Cc2ccccc2)C1. The standard InChI is InChI=1S/C18H27NO2/c1-3-21-18(20)16-10-7-11-17(13-16)19-14(2)12-15-8-5-4-6-9-15/h4-6,8-9,14,16-17,19H,3,7,10-13H2,1-2H3. The summed E-state index contributed by atoms with van der Waals surface area (Å²) >= 11 is 0. The molecule has 0 amide bonds. The van der Waals surface area contributed by atoms with Crippen LogP contribution in [0.1, 0.15) is 45.1 Å². The highest BCUT2D eigenvalue weighted by Gasteiger charge is 2.28. The van der Waals surface area contributed by atoms with Crippen LogP contribution in [0.4, 0.5) is 0 Å². The lowest BCUT2D eigenvalue weighted by atomic mass is 9.85. The van der Waals surface area contributed by atoms with Crippen molar-refractivity contribution in [3.63, 3.8) is 0 Å². The maximum absolute atomic E-state index is 11.9. The highest BCUT2D eigenvalue weighted by molar-refractivity contribution is 5.72. The van der Waals surface area contributed by atoms with E-state index in [4.69, 9.17) is 4.74 Å². The predicted molar refractivity (Wildman–Crippen MR) is 85.1 cm³/mol. The molecule has 0 aromatic heterocycles. The Morgan fingerprint density at radius 1 is 1.33 bits per heavy atom. The second-order valence-electron chi connectivity index (χ2n) is 6.07. The Morgan fingerprint density at radius 3 is 2.81 bits per heavy atom. The fourth-order valence-corrected chi connectivity index (χ4v) is 3.24. The molecule has 0 spiro atoms. The third-order valence-electron chi connectivity index (χ3n) is 4.20. The number of ether oxygens (including phenoxy) is 1. The van der Waals surface area contributed by atoms with Gasteiger partial charge in [0.05, 0.1) is 12.5 Å². The minimum atomic E-state index is -0.0142. The van der Waals surface area contributed by atoms with Crippen molar-refractivity contribution in [1.82, 2.24) is 5.32 Å². The van der Waals surface area contributed by atoms with Gasteiger partial charge in [0.25, 0.3) is 0 Å². The summed E-state index contributed by atoms with van der Waals surface area (Å²) in [4.78, 5) is 11.9. The second kappa shape index (κ2) is 8.18. The van der Waals surface area contributed by atoms with Crippen LogP contribution in [0.25, 0.3) is 0 Å². The Morgan fingerprint density at radius 2 is 2.10 bits per heavy atom. The average molecular weight is 289 g/mol. The third kappa shape index (κ3) is 5.16. The number of esters is 1. The molecule has 1 N–H and O–H groups in total. The van der Waals surface area contributed by atoms with E-state index in [0.717, 1.165) is 32.1 Å². The first-order valence-corrected chi connectivity index (χ1v) is 8.15. The lowest BCUT2D eigenvalue weighted by molar-refractivity contribution is -0.149. The number of carbonyl (C=O) groups excluding carboxylic acids is 1. The molecular weight excluding hydrogens is 262 g/mol. The van der Waals surface area contributed by atoms with E-state index in [1.54, 1.807) is 0 Å². The topological polar surface area (TPSA) is 38.3 Å². The predicted octanol–water partition coefficient (Wildman–Crippen LogP) is 3.33. The fraction of sp³-hybridized carbons (Fsp3) is 0.611. The summed E-state index contributed by atoms with van der Waals surface area (Å²) in [5, 5.41) is 3.69. The van der Waals surface area contributed by atoms with Crippen molar-refractivity contribution in [2.24, 2.45) is 5.92 Å². The number of hydrogen-bond acceptors (Lipinski definition) is 3. The first kappa shape index (κ1) is 16.0. The maximum atomic E-state index is 11.9. The molecule has 0 aliphatic heterocycles. The van der Waals surface area contributed by atoms with E-state index in [-0.39, 0.29) is 11.9 Å². The van der Waals surface area contributed by atoms with Crippen LogP contribution in [-0.2, 0) is 16.0 Å². The van der Waals surface area contributed by atoms with Crippen LogP contribution in [0.2, 0.25) is 0 Å². The minimum absolute atomic E-state index is 0.0142. The Labute approximate surface area is 128 Å². The number of benzene rings is 1. The van der Waals surface area contributed by atoms with Crippen LogP contribution in [-0.4, -0.2) is 24.7 Å². The molecular formula is C18H27NO2. The highest BCUT2D eigenvalue weighted by Crippen LogP contribution is 2.26. The van der Waals surface area contributed by atoms with E-state index in [2.05, 4.69) is 36.5 Å². The van der Waals surface area contributed by atoms with E-state index in [1.165, 1.54) is 5.56 Å². The molecule has 1 aromatic rings. The van der Waals surface area contributed by atoms with Gasteiger partial charge >= 0.3 is 5.97 Å². The number of carbonyl (C=O) groups is 1. The molecule has 0 bridgehead atoms. The van der Waals surface area contributed by atoms with Gasteiger partial charge in [0.15, 0.2) is 0 Å². The first-order chi connectivity index (χ1) is 10.2. The lowest BCUT2D eigenvalue weighted by Gasteiger charge is -2.31. The summed E-state index contributed by atoms with van der Waals surface area (Å²) in [7, 11) is 0. The Hall–Kier alpha value is -1.35. The van der Waals surface area contributed by atoms with Crippen LogP contribution >= 0.6 is 0 Å². The van der Waals surface area contributed by atoms with Gasteiger partial charge in [0, 0.05) is 12.1 Å². The zero-order chi connectivity index (χ0) is 15.1. The Bertz CT molecular complexity index is 432. The molecule has 1 aliphatic rings. The lowest BCUT2D eigenvalue weighted by Crippen LogP contribution is -2.42. The van der Waals surface area contributed by atoms with E-state index < -0.39 is 0 Å². The summed E-state index contributed by atoms with van der Waals surface area (Å²) in [5.74, 6) is 0.0693. The molecule has 3 heteroatoms. The average Bonchev–Trinajstić information content (AvgIpc) is 2.48. The summed E-state index contributed by atoms with van der Waals surface area (Å²) < 4.78 is 5.16. The molecule has 1 saturated carbocycles. The fourth-order valence-electron chi connectivity index (χ4n) is 3.24. The summed E-state index contributed by atoms with van der Waals surface area (Å²) in [6.45, 7) is 4.58. The summed E-state index contributed by atoms with van der Waals surface area (Å²) in [6, 6.07) is 11.4. The highest BCUT2D eigenvalue weighted by atomic mass is 16.5. The molecule has 3 atom stereocenters. The number of hydrogen-bond donors (Lipinski definition) is 1. The van der Waals surface area contributed by atoms with Gasteiger partial charge in [-0.15, -0.1) is 0 Å². The van der Waals surface area contributed by atoms with Gasteiger partial charge in [-0.1, -0.05) is 36.8 Å². The quantitative estimate of drug-likeness (QED) is 0.816. The van der Waals surface area contributed by atoms with E-state index in [0.29, 0.717) is 18.7 Å². The van der Waals surface area contributed by atoms with Gasteiger partial charge in [-0.3, -0.25) is 4.79 Å². The monoisotopic (exact) mass is 289 g/mol. The van der Waals surface area contributed by atoms with Crippen molar-refractivity contribution >= 4 is 5.97 Å². The summed E-state index contributed by atoms with van der Waals surface area (Å²) in [5.41, 5.74) is 1.36. The molecule has 1 fully saturated rings. The number of nitrogens with one attached hydrogen (secondary N) is 1. The molecule has 0 heterocycles. The normalized spacial score (nSPS) is 23.5. The van der Waals surface area contributed by atoms with Crippen molar-refractivity contribution in [1.29, 1.82) is 0 Å². The Balaban J connectivity index is 1.80. The molecule has 1 aromatic carbocycles. The molecule has 1 aliphatic carbocycles. The molecule has 21 heavy (non-hydrogen) atoms. The van der Waals surface area contributed by atoms with Crippen LogP contribution in [0.5, 0.6) is 0 Å². The van der Waals surface area contributed by atoms with Crippen molar-refractivity contribution < 1.29 is 9.53 Å². The zero-order valence-corrected chi connectivity index (χ0v) is 13.2. The second-order valence-corrected chi connectivity index (χ2v) is 6.07. The minimum Gasteiger partial charge on any atom is -0.466 e. The van der Waals surface area contributed by atoms with E-state index in [1.807, 2.05) is 13.0 Å². The van der Waals surface area contributed by atoms with Gasteiger partial charge in [-0.2, -0.15) is 0 Å². The first-order valence-electron chi connectivity index (χ1n) is 8.15. The maximum Gasteiger partial charge on any atom is 0.308 e. The van der Waals surface area contributed by atoms with E-state index in [9.17, 15) is 4.79 Å². The van der Waals surface area contributed by atoms with Crippen molar-refractivity contribution in [2.45, 2.75) is 58.0 Å². The Kier molecular flexibility index (Phi) is 6.24. The summed E-state index contributed by atoms with van der Waals surface area (Å²) in [6.07, 6.45) is 5.19. The number of rotatable bonds is 6. The van der Waals surface area contributed by atoms with Gasteiger partial charge in [0.2, 0.25) is 0 Å². The van der Waals surface area contributed by atoms with Crippen molar-refractivity contribution in [2.75, 3.05) is 6.61 Å². The largest absolute Gasteiger partial charge is 0.466 e.